The van der Waals surface area contributed by atoms with Gasteiger partial charge in [-0.15, -0.1) is 4.47 Å². The van der Waals surface area contributed by atoms with Crippen molar-refractivity contribution in [2.24, 2.45) is 10.4 Å². The van der Waals surface area contributed by atoms with Crippen LogP contribution in [-0.2, 0) is 21.3 Å². The lowest BCUT2D eigenvalue weighted by Crippen LogP contribution is -2.22. The van der Waals surface area contributed by atoms with Crippen molar-refractivity contribution in [3.05, 3.63) is 0 Å². The van der Waals surface area contributed by atoms with Gasteiger partial charge in [-0.05, 0) is 18.8 Å². The van der Waals surface area contributed by atoms with Crippen LogP contribution >= 0.6 is 0 Å². The van der Waals surface area contributed by atoms with Crippen LogP contribution in [0.4, 0.5) is 0 Å². The quantitative estimate of drug-likeness (QED) is 0.655. The summed E-state index contributed by atoms with van der Waals surface area (Å²) in [5.74, 6) is 0.856. The number of hydrogen-bond acceptors (Lipinski definition) is 2. The Kier molecular flexibility index (Phi) is 4.95. The molecule has 1 fully saturated rings. The molecule has 0 aliphatic heterocycles. The highest BCUT2D eigenvalue weighted by Gasteiger charge is 2.14. The van der Waals surface area contributed by atoms with Crippen molar-refractivity contribution in [2.75, 3.05) is 13.6 Å². The third-order valence-corrected chi connectivity index (χ3v) is 2.97. The summed E-state index contributed by atoms with van der Waals surface area (Å²) in [6, 6.07) is 0. The van der Waals surface area contributed by atoms with E-state index in [0.717, 1.165) is 22.6 Å². The maximum Gasteiger partial charge on any atom is 0.0477 e. The van der Waals surface area contributed by atoms with Crippen molar-refractivity contribution in [3.63, 3.8) is 0 Å². The predicted octanol–water partition coefficient (Wildman–Crippen LogP) is 2.14. The molecule has 2 nitrogen and oxygen atoms in total. The lowest BCUT2D eigenvalue weighted by Gasteiger charge is -2.23. The molecule has 12 heavy (non-hydrogen) atoms. The van der Waals surface area contributed by atoms with E-state index >= 15 is 0 Å². The van der Waals surface area contributed by atoms with Crippen LogP contribution in [0.25, 0.3) is 0 Å². The van der Waals surface area contributed by atoms with Crippen molar-refractivity contribution in [1.82, 2.24) is 5.01 Å². The molecule has 0 radical (unpaired) electrons. The first-order chi connectivity index (χ1) is 5.83. The van der Waals surface area contributed by atoms with Crippen molar-refractivity contribution >= 4 is 21.3 Å². The van der Waals surface area contributed by atoms with E-state index in [-0.39, 0.29) is 0 Å². The largest absolute Gasteiger partial charge is 0.192 e. The number of rotatable bonds is 3. The first-order valence-electron chi connectivity index (χ1n) is 4.54. The molecule has 4 heteroatoms. The topological polar surface area (TPSA) is 15.6 Å². The molecule has 0 unspecified atom stereocenters. The Morgan fingerprint density at radius 3 is 2.67 bits per heavy atom. The summed E-state index contributed by atoms with van der Waals surface area (Å²) < 4.78 is 4.08. The van der Waals surface area contributed by atoms with Crippen LogP contribution in [0.3, 0.4) is 0 Å². The van der Waals surface area contributed by atoms with Gasteiger partial charge >= 0.3 is 0 Å². The van der Waals surface area contributed by atoms with Gasteiger partial charge in [0.1, 0.15) is 0 Å². The lowest BCUT2D eigenvalue weighted by atomic mass is 9.89. The Labute approximate surface area is 82.7 Å². The minimum Gasteiger partial charge on any atom is -0.192 e. The molecular weight excluding hydrogens is 188 g/mol. The molecule has 0 spiro atoms. The van der Waals surface area contributed by atoms with Gasteiger partial charge in [0.2, 0.25) is 0 Å². The Bertz CT molecular complexity index is 172. The molecular formula is C8H16N2S2. The molecule has 0 aromatic carbocycles. The highest BCUT2D eigenvalue weighted by Crippen LogP contribution is 2.23. The predicted molar refractivity (Wildman–Crippen MR) is 56.4 cm³/mol. The smallest absolute Gasteiger partial charge is 0.0477 e. The Hall–Kier alpha value is 0.200. The van der Waals surface area contributed by atoms with Crippen molar-refractivity contribution < 1.29 is 0 Å². The van der Waals surface area contributed by atoms with Crippen LogP contribution in [-0.4, -0.2) is 18.6 Å². The first-order valence-corrected chi connectivity index (χ1v) is 6.24. The molecule has 0 N–H and O–H groups in total. The zero-order chi connectivity index (χ0) is 8.81. The molecule has 1 aliphatic rings. The molecule has 0 amide bonds. The van der Waals surface area contributed by atoms with Gasteiger partial charge < -0.3 is 0 Å². The normalized spacial score (nSPS) is 19.5. The molecule has 0 bridgehead atoms. The molecule has 1 rings (SSSR count). The van der Waals surface area contributed by atoms with E-state index < -0.39 is 0 Å². The Balaban J connectivity index is 2.24. The second-order valence-corrected chi connectivity index (χ2v) is 4.26. The molecule has 0 saturated heterocycles. The van der Waals surface area contributed by atoms with E-state index in [1.54, 1.807) is 0 Å². The lowest BCUT2D eigenvalue weighted by molar-refractivity contribution is 0.244. The molecule has 0 heterocycles. The van der Waals surface area contributed by atoms with E-state index in [1.807, 2.05) is 12.1 Å². The van der Waals surface area contributed by atoms with E-state index in [0.29, 0.717) is 0 Å². The minimum atomic E-state index is 0.856. The first kappa shape index (κ1) is 10.3. The van der Waals surface area contributed by atoms with Gasteiger partial charge in [-0.1, -0.05) is 19.3 Å². The summed E-state index contributed by atoms with van der Waals surface area (Å²) in [6.07, 6.45) is 6.98. The van der Waals surface area contributed by atoms with Gasteiger partial charge in [0, 0.05) is 34.9 Å². The number of hydrogen-bond donors (Lipinski definition) is 0. The van der Waals surface area contributed by atoms with Gasteiger partial charge in [0.25, 0.3) is 0 Å². The summed E-state index contributed by atoms with van der Waals surface area (Å²) >= 11 is 4.70. The summed E-state index contributed by atoms with van der Waals surface area (Å²) in [6.45, 7) is 1.09. The van der Waals surface area contributed by atoms with Crippen LogP contribution in [0, 0.1) is 5.92 Å². The van der Waals surface area contributed by atoms with Gasteiger partial charge in [-0.25, -0.2) is 0 Å². The average molecular weight is 204 g/mol. The van der Waals surface area contributed by atoms with Gasteiger partial charge in [0.05, 0.1) is 0 Å². The van der Waals surface area contributed by atoms with Crippen LogP contribution in [0.1, 0.15) is 32.1 Å². The summed E-state index contributed by atoms with van der Waals surface area (Å²) in [4.78, 5) is 0. The highest BCUT2D eigenvalue weighted by molar-refractivity contribution is 8.12. The summed E-state index contributed by atoms with van der Waals surface area (Å²) in [5.41, 5.74) is 0. The van der Waals surface area contributed by atoms with E-state index in [1.165, 1.54) is 32.1 Å². The number of nitrogens with zero attached hydrogens (tertiary/aromatic N) is 2. The summed E-state index contributed by atoms with van der Waals surface area (Å²) in [7, 11) is 3.14. The third-order valence-electron chi connectivity index (χ3n) is 2.42. The molecule has 1 aliphatic carbocycles. The maximum atomic E-state index is 4.70. The highest BCUT2D eigenvalue weighted by atomic mass is 32.8. The van der Waals surface area contributed by atoms with Gasteiger partial charge in [0.15, 0.2) is 0 Å². The molecule has 0 aromatic rings. The van der Waals surface area contributed by atoms with Crippen LogP contribution in [0.15, 0.2) is 4.47 Å². The zero-order valence-corrected chi connectivity index (χ0v) is 9.16. The van der Waals surface area contributed by atoms with Gasteiger partial charge in [-0.2, -0.15) is 5.01 Å². The molecule has 0 aromatic heterocycles. The fourth-order valence-electron chi connectivity index (χ4n) is 1.83. The Morgan fingerprint density at radius 1 is 1.42 bits per heavy atom. The fourth-order valence-corrected chi connectivity index (χ4v) is 2.36. The van der Waals surface area contributed by atoms with Crippen LogP contribution in [0.2, 0.25) is 0 Å². The van der Waals surface area contributed by atoms with Crippen LogP contribution in [0.5, 0.6) is 0 Å². The Morgan fingerprint density at radius 2 is 2.08 bits per heavy atom. The standard InChI is InChI=1S/C8H16N2S2/c1-10(9-12-11)7-8-5-3-2-4-6-8/h8H,2-7H2,1H3. The van der Waals surface area contributed by atoms with E-state index in [2.05, 4.69) is 4.47 Å². The SMILES string of the molecule is CN(CC1CCCCC1)N=S=S. The fraction of sp³-hybridized carbons (Fsp3) is 1.00. The van der Waals surface area contributed by atoms with Crippen molar-refractivity contribution in [3.8, 4) is 0 Å². The zero-order valence-electron chi connectivity index (χ0n) is 7.53. The van der Waals surface area contributed by atoms with Crippen molar-refractivity contribution in [2.45, 2.75) is 32.1 Å². The van der Waals surface area contributed by atoms with Crippen LogP contribution < -0.4 is 0 Å². The van der Waals surface area contributed by atoms with E-state index in [4.69, 9.17) is 11.2 Å². The second-order valence-electron chi connectivity index (χ2n) is 3.50. The maximum absolute atomic E-state index is 4.70. The minimum absolute atomic E-state index is 0.856. The summed E-state index contributed by atoms with van der Waals surface area (Å²) in [5, 5.41) is 1.98. The monoisotopic (exact) mass is 204 g/mol. The van der Waals surface area contributed by atoms with Gasteiger partial charge in [-0.3, -0.25) is 0 Å². The third kappa shape index (κ3) is 3.74. The van der Waals surface area contributed by atoms with E-state index in [9.17, 15) is 0 Å². The molecule has 0 atom stereocenters. The molecule has 70 valence electrons. The van der Waals surface area contributed by atoms with Crippen molar-refractivity contribution in [1.29, 1.82) is 0 Å². The average Bonchev–Trinajstić information content (AvgIpc) is 2.06. The second kappa shape index (κ2) is 5.78. The molecule has 1 saturated carbocycles.